The largest absolute Gasteiger partial charge is 0.378 e. The zero-order valence-electron chi connectivity index (χ0n) is 9.90. The van der Waals surface area contributed by atoms with Crippen LogP contribution in [0.5, 0.6) is 0 Å². The van der Waals surface area contributed by atoms with Gasteiger partial charge in [0.25, 0.3) is 0 Å². The van der Waals surface area contributed by atoms with E-state index in [9.17, 15) is 0 Å². The fourth-order valence-corrected chi connectivity index (χ4v) is 3.15. The van der Waals surface area contributed by atoms with Crippen LogP contribution in [0.15, 0.2) is 11.7 Å². The summed E-state index contributed by atoms with van der Waals surface area (Å²) in [6.45, 7) is 4.48. The van der Waals surface area contributed by atoms with Crippen molar-refractivity contribution in [2.24, 2.45) is 0 Å². The second kappa shape index (κ2) is 6.20. The molecule has 0 amide bonds. The Hall–Kier alpha value is -0.820. The zero-order chi connectivity index (χ0) is 12.1. The van der Waals surface area contributed by atoms with Crippen molar-refractivity contribution < 1.29 is 4.74 Å². The fourth-order valence-electron chi connectivity index (χ4n) is 1.44. The summed E-state index contributed by atoms with van der Waals surface area (Å²) in [6.07, 6.45) is 1.86. The Morgan fingerprint density at radius 2 is 2.35 bits per heavy atom. The molecule has 0 aliphatic heterocycles. The molecule has 0 aliphatic carbocycles. The van der Waals surface area contributed by atoms with Crippen molar-refractivity contribution in [3.05, 3.63) is 22.3 Å². The summed E-state index contributed by atoms with van der Waals surface area (Å²) in [5, 5.41) is 4.36. The third-order valence-electron chi connectivity index (χ3n) is 2.24. The molecule has 0 unspecified atom stereocenters. The summed E-state index contributed by atoms with van der Waals surface area (Å²) in [7, 11) is 1.70. The van der Waals surface area contributed by atoms with Gasteiger partial charge in [0.15, 0.2) is 0 Å². The highest BCUT2D eigenvalue weighted by Gasteiger charge is 2.12. The first-order valence-electron chi connectivity index (χ1n) is 5.42. The number of aromatic nitrogens is 2. The van der Waals surface area contributed by atoms with Gasteiger partial charge in [-0.15, -0.1) is 22.7 Å². The molecule has 17 heavy (non-hydrogen) atoms. The van der Waals surface area contributed by atoms with Crippen LogP contribution in [-0.2, 0) is 17.9 Å². The second-order valence-corrected chi connectivity index (χ2v) is 5.44. The highest BCUT2D eigenvalue weighted by atomic mass is 32.1. The minimum atomic E-state index is 0.566. The van der Waals surface area contributed by atoms with Crippen LogP contribution in [-0.4, -0.2) is 23.6 Å². The highest BCUT2D eigenvalue weighted by Crippen LogP contribution is 2.30. The van der Waals surface area contributed by atoms with Gasteiger partial charge in [0, 0.05) is 24.7 Å². The lowest BCUT2D eigenvalue weighted by Crippen LogP contribution is -2.12. The molecule has 0 aromatic carbocycles. The predicted molar refractivity (Wildman–Crippen MR) is 71.3 cm³/mol. The lowest BCUT2D eigenvalue weighted by atomic mass is 10.3. The summed E-state index contributed by atoms with van der Waals surface area (Å²) in [4.78, 5) is 11.1. The molecule has 0 fully saturated rings. The van der Waals surface area contributed by atoms with Gasteiger partial charge in [-0.1, -0.05) is 6.92 Å². The third-order valence-corrected chi connectivity index (χ3v) is 4.28. The minimum absolute atomic E-state index is 0.566. The van der Waals surface area contributed by atoms with Crippen molar-refractivity contribution in [2.75, 3.05) is 13.7 Å². The Kier molecular flexibility index (Phi) is 4.61. The maximum absolute atomic E-state index is 5.18. The van der Waals surface area contributed by atoms with Crippen LogP contribution in [0, 0.1) is 0 Å². The molecule has 0 radical (unpaired) electrons. The first kappa shape index (κ1) is 12.6. The lowest BCUT2D eigenvalue weighted by Gasteiger charge is -2.00. The van der Waals surface area contributed by atoms with E-state index in [2.05, 4.69) is 22.2 Å². The van der Waals surface area contributed by atoms with Crippen LogP contribution in [0.3, 0.4) is 0 Å². The molecule has 0 bridgehead atoms. The number of hydrogen-bond acceptors (Lipinski definition) is 6. The van der Waals surface area contributed by atoms with Gasteiger partial charge in [-0.05, 0) is 6.54 Å². The minimum Gasteiger partial charge on any atom is -0.378 e. The monoisotopic (exact) mass is 269 g/mol. The smallest absolute Gasteiger partial charge is 0.135 e. The predicted octanol–water partition coefficient (Wildman–Crippen LogP) is 2.52. The van der Waals surface area contributed by atoms with Crippen LogP contribution in [0.25, 0.3) is 9.88 Å². The molecule has 2 aromatic rings. The molecule has 2 rings (SSSR count). The molecule has 2 aromatic heterocycles. The van der Waals surface area contributed by atoms with Gasteiger partial charge in [0.2, 0.25) is 0 Å². The quantitative estimate of drug-likeness (QED) is 0.875. The van der Waals surface area contributed by atoms with Gasteiger partial charge < -0.3 is 10.1 Å². The Morgan fingerprint density at radius 1 is 1.47 bits per heavy atom. The maximum atomic E-state index is 5.18. The summed E-state index contributed by atoms with van der Waals surface area (Å²) in [5.74, 6) is 0. The van der Waals surface area contributed by atoms with E-state index < -0.39 is 0 Å². The van der Waals surface area contributed by atoms with Crippen molar-refractivity contribution in [3.63, 3.8) is 0 Å². The van der Waals surface area contributed by atoms with E-state index in [4.69, 9.17) is 4.74 Å². The second-order valence-electron chi connectivity index (χ2n) is 3.47. The van der Waals surface area contributed by atoms with E-state index in [-0.39, 0.29) is 0 Å². The Balaban J connectivity index is 2.24. The molecule has 6 heteroatoms. The molecule has 0 atom stereocenters. The number of thiazole rings is 2. The van der Waals surface area contributed by atoms with E-state index in [1.807, 2.05) is 11.7 Å². The van der Waals surface area contributed by atoms with Crippen molar-refractivity contribution >= 4 is 22.7 Å². The van der Waals surface area contributed by atoms with E-state index >= 15 is 0 Å². The Morgan fingerprint density at radius 3 is 3.00 bits per heavy atom. The molecule has 0 saturated carbocycles. The first-order valence-corrected chi connectivity index (χ1v) is 7.11. The standard InChI is InChI=1S/C11H15N3OS2/c1-3-12-4-9-8(6-15-2)14-11(17-9)10-5-13-7-16-10/h5,7,12H,3-4,6H2,1-2H3. The van der Waals surface area contributed by atoms with Crippen LogP contribution in [0.1, 0.15) is 17.5 Å². The normalized spacial score (nSPS) is 10.9. The molecule has 0 aliphatic rings. The molecule has 0 spiro atoms. The van der Waals surface area contributed by atoms with Crippen molar-refractivity contribution in [1.29, 1.82) is 0 Å². The number of hydrogen-bond donors (Lipinski definition) is 1. The maximum Gasteiger partial charge on any atom is 0.135 e. The molecule has 92 valence electrons. The number of rotatable bonds is 6. The topological polar surface area (TPSA) is 47.0 Å². The van der Waals surface area contributed by atoms with Crippen LogP contribution >= 0.6 is 22.7 Å². The number of nitrogens with zero attached hydrogens (tertiary/aromatic N) is 2. The molecule has 0 saturated heterocycles. The summed E-state index contributed by atoms with van der Waals surface area (Å²) in [5.41, 5.74) is 2.86. The molecular weight excluding hydrogens is 254 g/mol. The van der Waals surface area contributed by atoms with Gasteiger partial charge in [-0.2, -0.15) is 0 Å². The van der Waals surface area contributed by atoms with Gasteiger partial charge >= 0.3 is 0 Å². The molecular formula is C11H15N3OS2. The molecule has 2 heterocycles. The van der Waals surface area contributed by atoms with Gasteiger partial charge in [0.05, 0.1) is 22.7 Å². The Labute approximate surface area is 109 Å². The fraction of sp³-hybridized carbons (Fsp3) is 0.455. The van der Waals surface area contributed by atoms with Crippen molar-refractivity contribution in [3.8, 4) is 9.88 Å². The van der Waals surface area contributed by atoms with Crippen LogP contribution < -0.4 is 5.32 Å². The summed E-state index contributed by atoms with van der Waals surface area (Å²) >= 11 is 3.33. The molecule has 1 N–H and O–H groups in total. The lowest BCUT2D eigenvalue weighted by molar-refractivity contribution is 0.181. The third kappa shape index (κ3) is 3.10. The van der Waals surface area contributed by atoms with E-state index in [0.717, 1.165) is 28.7 Å². The highest BCUT2D eigenvalue weighted by molar-refractivity contribution is 7.20. The Bertz CT molecular complexity index is 453. The van der Waals surface area contributed by atoms with E-state index in [1.165, 1.54) is 4.88 Å². The van der Waals surface area contributed by atoms with Crippen LogP contribution in [0.2, 0.25) is 0 Å². The van der Waals surface area contributed by atoms with Gasteiger partial charge in [-0.3, -0.25) is 4.98 Å². The number of ether oxygens (including phenoxy) is 1. The van der Waals surface area contributed by atoms with E-state index in [0.29, 0.717) is 6.61 Å². The first-order chi connectivity index (χ1) is 8.35. The summed E-state index contributed by atoms with van der Waals surface area (Å²) in [6, 6.07) is 0. The SMILES string of the molecule is CCNCc1sc(-c2cncs2)nc1COC. The number of nitrogens with one attached hydrogen (secondary N) is 1. The van der Waals surface area contributed by atoms with Gasteiger partial charge in [-0.25, -0.2) is 4.98 Å². The van der Waals surface area contributed by atoms with Gasteiger partial charge in [0.1, 0.15) is 5.01 Å². The average molecular weight is 269 g/mol. The van der Waals surface area contributed by atoms with Crippen molar-refractivity contribution in [1.82, 2.24) is 15.3 Å². The van der Waals surface area contributed by atoms with Crippen LogP contribution in [0.4, 0.5) is 0 Å². The molecule has 4 nitrogen and oxygen atoms in total. The summed E-state index contributed by atoms with van der Waals surface area (Å²) < 4.78 is 5.18. The van der Waals surface area contributed by atoms with Crippen molar-refractivity contribution in [2.45, 2.75) is 20.1 Å². The zero-order valence-corrected chi connectivity index (χ0v) is 11.5. The van der Waals surface area contributed by atoms with E-state index in [1.54, 1.807) is 29.8 Å². The number of methoxy groups -OCH3 is 1. The average Bonchev–Trinajstić information content (AvgIpc) is 2.95.